The lowest BCUT2D eigenvalue weighted by Crippen LogP contribution is -2.50. The number of aromatic nitrogens is 5. The van der Waals surface area contributed by atoms with Crippen molar-refractivity contribution in [2.75, 3.05) is 44.3 Å². The van der Waals surface area contributed by atoms with Crippen molar-refractivity contribution in [3.05, 3.63) is 59.8 Å². The third-order valence-electron chi connectivity index (χ3n) is 8.04. The molecule has 3 aromatic heterocycles. The van der Waals surface area contributed by atoms with Crippen LogP contribution in [0.5, 0.6) is 0 Å². The van der Waals surface area contributed by atoms with Crippen molar-refractivity contribution in [1.82, 2.24) is 34.6 Å². The molecular formula is C28H31FN8O2. The first kappa shape index (κ1) is 24.2. The van der Waals surface area contributed by atoms with Crippen LogP contribution in [0, 0.1) is 12.7 Å². The molecule has 1 aliphatic carbocycles. The number of piperazine rings is 1. The van der Waals surface area contributed by atoms with Crippen molar-refractivity contribution in [1.29, 1.82) is 0 Å². The molecule has 2 aliphatic heterocycles. The van der Waals surface area contributed by atoms with Crippen LogP contribution in [0.2, 0.25) is 0 Å². The summed E-state index contributed by atoms with van der Waals surface area (Å²) in [6.45, 7) is 7.47. The van der Waals surface area contributed by atoms with Gasteiger partial charge in [-0.05, 0) is 56.0 Å². The van der Waals surface area contributed by atoms with E-state index in [2.05, 4.69) is 42.7 Å². The van der Waals surface area contributed by atoms with E-state index in [1.54, 1.807) is 30.1 Å². The highest BCUT2D eigenvalue weighted by molar-refractivity contribution is 5.95. The second kappa shape index (κ2) is 9.73. The van der Waals surface area contributed by atoms with E-state index in [0.29, 0.717) is 23.0 Å². The zero-order valence-electron chi connectivity index (χ0n) is 21.9. The summed E-state index contributed by atoms with van der Waals surface area (Å²) >= 11 is 0. The van der Waals surface area contributed by atoms with Gasteiger partial charge in [0.25, 0.3) is 5.91 Å². The summed E-state index contributed by atoms with van der Waals surface area (Å²) in [6, 6.07) is 7.75. The smallest absolute Gasteiger partial charge is 0.254 e. The number of hydrogen-bond acceptors (Lipinski definition) is 7. The van der Waals surface area contributed by atoms with Crippen molar-refractivity contribution in [2.24, 2.45) is 0 Å². The van der Waals surface area contributed by atoms with Gasteiger partial charge in [0.1, 0.15) is 17.2 Å². The third kappa shape index (κ3) is 4.65. The normalized spacial score (nSPS) is 20.2. The van der Waals surface area contributed by atoms with E-state index >= 15 is 0 Å². The average Bonchev–Trinajstić information content (AvgIpc) is 3.33. The van der Waals surface area contributed by atoms with E-state index in [1.807, 2.05) is 10.5 Å². The lowest BCUT2D eigenvalue weighted by Gasteiger charge is -2.38. The molecule has 0 radical (unpaired) electrons. The molecule has 202 valence electrons. The van der Waals surface area contributed by atoms with E-state index in [0.717, 1.165) is 75.7 Å². The number of benzene rings is 1. The summed E-state index contributed by atoms with van der Waals surface area (Å²) in [5.74, 6) is -0.940. The average molecular weight is 531 g/mol. The number of amides is 1. The van der Waals surface area contributed by atoms with Gasteiger partial charge in [0.05, 0.1) is 41.6 Å². The molecule has 0 bridgehead atoms. The van der Waals surface area contributed by atoms with Gasteiger partial charge < -0.3 is 15.0 Å². The van der Waals surface area contributed by atoms with E-state index in [9.17, 15) is 9.18 Å². The molecule has 3 aliphatic rings. The summed E-state index contributed by atoms with van der Waals surface area (Å²) in [5.41, 5.74) is 4.69. The molecule has 10 nitrogen and oxygen atoms in total. The Bertz CT molecular complexity index is 1530. The Balaban J connectivity index is 1.14. The fourth-order valence-electron chi connectivity index (χ4n) is 5.57. The first-order valence-electron chi connectivity index (χ1n) is 13.6. The van der Waals surface area contributed by atoms with Crippen LogP contribution in [0.1, 0.15) is 35.2 Å². The number of pyridine rings is 1. The Hall–Kier alpha value is -3.83. The molecule has 11 heteroatoms. The maximum Gasteiger partial charge on any atom is 0.254 e. The van der Waals surface area contributed by atoms with E-state index in [4.69, 9.17) is 4.74 Å². The molecule has 1 amide bonds. The van der Waals surface area contributed by atoms with Crippen LogP contribution < -0.4 is 10.2 Å². The van der Waals surface area contributed by atoms with E-state index < -0.39 is 11.7 Å². The monoisotopic (exact) mass is 530 g/mol. The van der Waals surface area contributed by atoms with Gasteiger partial charge >= 0.3 is 0 Å². The Labute approximate surface area is 225 Å². The maximum atomic E-state index is 14.6. The van der Waals surface area contributed by atoms with Gasteiger partial charge in [0.15, 0.2) is 0 Å². The largest absolute Gasteiger partial charge is 0.380 e. The first-order chi connectivity index (χ1) is 19.0. The SMILES string of the molecule is Cc1cc(F)c(C(=O)NC2CC2)cc1-n1cc(-c2cnc3ccc(N4CCN(C5CCOC5)CC4)cn23)nn1. The first-order valence-corrected chi connectivity index (χ1v) is 13.6. The topological polar surface area (TPSA) is 92.8 Å². The predicted molar refractivity (Wildman–Crippen MR) is 144 cm³/mol. The van der Waals surface area contributed by atoms with Gasteiger partial charge in [0, 0.05) is 51.1 Å². The Morgan fingerprint density at radius 3 is 2.72 bits per heavy atom. The maximum absolute atomic E-state index is 14.6. The number of ether oxygens (including phenoxy) is 1. The van der Waals surface area contributed by atoms with Crippen LogP contribution in [0.4, 0.5) is 10.1 Å². The number of hydrogen-bond donors (Lipinski definition) is 1. The molecule has 1 saturated carbocycles. The molecule has 4 aromatic rings. The Morgan fingerprint density at radius 2 is 1.95 bits per heavy atom. The number of nitrogens with zero attached hydrogens (tertiary/aromatic N) is 7. The zero-order valence-corrected chi connectivity index (χ0v) is 21.9. The summed E-state index contributed by atoms with van der Waals surface area (Å²) in [6.07, 6.45) is 8.68. The highest BCUT2D eigenvalue weighted by atomic mass is 19.1. The van der Waals surface area contributed by atoms with Crippen LogP contribution in [0.3, 0.4) is 0 Å². The number of anilines is 1. The summed E-state index contributed by atoms with van der Waals surface area (Å²) in [7, 11) is 0. The second-order valence-corrected chi connectivity index (χ2v) is 10.7. The Morgan fingerprint density at radius 1 is 1.10 bits per heavy atom. The van der Waals surface area contributed by atoms with Gasteiger partial charge in [-0.2, -0.15) is 0 Å². The fourth-order valence-corrected chi connectivity index (χ4v) is 5.57. The van der Waals surface area contributed by atoms with Gasteiger partial charge in [-0.1, -0.05) is 5.21 Å². The molecule has 1 N–H and O–H groups in total. The van der Waals surface area contributed by atoms with Crippen LogP contribution in [0.25, 0.3) is 22.7 Å². The molecular weight excluding hydrogens is 499 g/mol. The van der Waals surface area contributed by atoms with Gasteiger partial charge in [-0.15, -0.1) is 5.10 Å². The molecule has 0 spiro atoms. The van der Waals surface area contributed by atoms with Gasteiger partial charge in [-0.3, -0.25) is 14.1 Å². The lowest BCUT2D eigenvalue weighted by atomic mass is 10.1. The molecule has 7 rings (SSSR count). The number of nitrogens with one attached hydrogen (secondary N) is 1. The number of fused-ring (bicyclic) bond motifs is 1. The van der Waals surface area contributed by atoms with E-state index in [1.165, 1.54) is 6.07 Å². The molecule has 1 unspecified atom stereocenters. The zero-order chi connectivity index (χ0) is 26.5. The standard InChI is InChI=1S/C28H31FN8O2/c1-18-12-23(29)22(28(38)31-19-2-3-19)13-25(18)37-16-24(32-33-37)26-14-30-27-5-4-20(15-36(26)27)34-7-9-35(10-8-34)21-6-11-39-17-21/h4-5,12-16,19,21H,2-3,6-11,17H2,1H3,(H,31,38). The molecule has 3 fully saturated rings. The van der Waals surface area contributed by atoms with Crippen molar-refractivity contribution in [3.63, 3.8) is 0 Å². The molecule has 5 heterocycles. The quantitative estimate of drug-likeness (QED) is 0.410. The fraction of sp³-hybridized carbons (Fsp3) is 0.429. The van der Waals surface area contributed by atoms with Crippen LogP contribution in [-0.4, -0.2) is 86.7 Å². The minimum Gasteiger partial charge on any atom is -0.380 e. The number of carbonyl (C=O) groups is 1. The highest BCUT2D eigenvalue weighted by Crippen LogP contribution is 2.27. The second-order valence-electron chi connectivity index (χ2n) is 10.7. The third-order valence-corrected chi connectivity index (χ3v) is 8.04. The highest BCUT2D eigenvalue weighted by Gasteiger charge is 2.28. The number of halogens is 1. The molecule has 2 saturated heterocycles. The van der Waals surface area contributed by atoms with Crippen molar-refractivity contribution in [2.45, 2.75) is 38.3 Å². The molecule has 1 aromatic carbocycles. The summed E-state index contributed by atoms with van der Waals surface area (Å²) in [5, 5.41) is 11.6. The summed E-state index contributed by atoms with van der Waals surface area (Å²) in [4.78, 5) is 22.1. The molecule has 39 heavy (non-hydrogen) atoms. The van der Waals surface area contributed by atoms with Crippen LogP contribution in [-0.2, 0) is 4.74 Å². The summed E-state index contributed by atoms with van der Waals surface area (Å²) < 4.78 is 23.8. The van der Waals surface area contributed by atoms with Gasteiger partial charge in [-0.25, -0.2) is 14.1 Å². The number of imidazole rings is 1. The minimum atomic E-state index is -0.540. The van der Waals surface area contributed by atoms with Crippen LogP contribution >= 0.6 is 0 Å². The van der Waals surface area contributed by atoms with E-state index in [-0.39, 0.29) is 11.6 Å². The predicted octanol–water partition coefficient (Wildman–Crippen LogP) is 2.83. The van der Waals surface area contributed by atoms with Crippen molar-refractivity contribution in [3.8, 4) is 17.1 Å². The van der Waals surface area contributed by atoms with Crippen LogP contribution in [0.15, 0.2) is 42.9 Å². The minimum absolute atomic E-state index is 0.0135. The molecule has 1 atom stereocenters. The number of rotatable bonds is 6. The number of carbonyl (C=O) groups excluding carboxylic acids is 1. The number of aryl methyl sites for hydroxylation is 1. The van der Waals surface area contributed by atoms with Gasteiger partial charge in [0.2, 0.25) is 0 Å². The van der Waals surface area contributed by atoms with Crippen molar-refractivity contribution < 1.29 is 13.9 Å². The lowest BCUT2D eigenvalue weighted by molar-refractivity contribution is 0.0947. The Kier molecular flexibility index (Phi) is 6.04. The van der Waals surface area contributed by atoms with Crippen molar-refractivity contribution >= 4 is 17.2 Å².